The van der Waals surface area contributed by atoms with E-state index in [1.807, 2.05) is 4.98 Å². The molecule has 18 heavy (non-hydrogen) atoms. The molecule has 0 aliphatic heterocycles. The first-order valence-electron chi connectivity index (χ1n) is 5.66. The van der Waals surface area contributed by atoms with Gasteiger partial charge in [0.05, 0.1) is 0 Å². The molecule has 6 nitrogen and oxygen atoms in total. The van der Waals surface area contributed by atoms with Crippen molar-refractivity contribution in [2.75, 3.05) is 0 Å². The van der Waals surface area contributed by atoms with Crippen molar-refractivity contribution in [2.45, 2.75) is 37.1 Å². The largest absolute Gasteiger partial charge is 0.328 e. The molecule has 1 fully saturated rings. The molecular weight excluding hydrogens is 280 g/mol. The van der Waals surface area contributed by atoms with Crippen molar-refractivity contribution in [3.8, 4) is 0 Å². The van der Waals surface area contributed by atoms with E-state index in [4.69, 9.17) is 10.7 Å². The van der Waals surface area contributed by atoms with E-state index in [1.165, 1.54) is 4.57 Å². The maximum atomic E-state index is 11.6. The van der Waals surface area contributed by atoms with E-state index in [1.54, 1.807) is 0 Å². The number of nitrogens with one attached hydrogen (secondary N) is 1. The first-order chi connectivity index (χ1) is 8.38. The summed E-state index contributed by atoms with van der Waals surface area (Å²) in [5.41, 5.74) is -1.58. The molecule has 0 amide bonds. The highest BCUT2D eigenvalue weighted by molar-refractivity contribution is 8.13. The topological polar surface area (TPSA) is 89.0 Å². The Labute approximate surface area is 108 Å². The molecule has 2 rings (SSSR count). The van der Waals surface area contributed by atoms with Gasteiger partial charge in [-0.3, -0.25) is 14.3 Å². The number of H-pyrrole nitrogens is 1. The normalized spacial score (nSPS) is 17.2. The smallest absolute Gasteiger partial charge is 0.299 e. The van der Waals surface area contributed by atoms with Gasteiger partial charge in [-0.1, -0.05) is 12.8 Å². The molecule has 1 heterocycles. The van der Waals surface area contributed by atoms with E-state index in [9.17, 15) is 18.0 Å². The molecule has 1 aliphatic rings. The average molecular weight is 293 g/mol. The number of aromatic nitrogens is 2. The van der Waals surface area contributed by atoms with Crippen LogP contribution in [0.4, 0.5) is 0 Å². The van der Waals surface area contributed by atoms with E-state index in [0.29, 0.717) is 12.5 Å². The fraction of sp³-hybridized carbons (Fsp3) is 0.600. The first-order valence-corrected chi connectivity index (χ1v) is 7.97. The second kappa shape index (κ2) is 4.89. The standard InChI is InChI=1S/C10H13ClN2O4S/c11-18(16,17)8-6-13(10(15)12-9(8)14)5-7-3-1-2-4-7/h6-7H,1-5H2,(H,12,14,15). The van der Waals surface area contributed by atoms with Gasteiger partial charge in [0.2, 0.25) is 0 Å². The Hall–Kier alpha value is -1.08. The van der Waals surface area contributed by atoms with Gasteiger partial charge in [-0.25, -0.2) is 13.2 Å². The van der Waals surface area contributed by atoms with Crippen molar-refractivity contribution in [1.82, 2.24) is 9.55 Å². The fourth-order valence-electron chi connectivity index (χ4n) is 2.27. The highest BCUT2D eigenvalue weighted by atomic mass is 35.7. The summed E-state index contributed by atoms with van der Waals surface area (Å²) in [4.78, 5) is 24.3. The number of hydrogen-bond donors (Lipinski definition) is 1. The van der Waals surface area contributed by atoms with E-state index >= 15 is 0 Å². The number of hydrogen-bond acceptors (Lipinski definition) is 4. The minimum Gasteiger partial charge on any atom is -0.299 e. The molecule has 1 aromatic rings. The lowest BCUT2D eigenvalue weighted by Crippen LogP contribution is -2.33. The zero-order valence-electron chi connectivity index (χ0n) is 9.56. The Morgan fingerprint density at radius 1 is 1.33 bits per heavy atom. The van der Waals surface area contributed by atoms with Crippen molar-refractivity contribution in [3.05, 3.63) is 27.0 Å². The maximum Gasteiger partial charge on any atom is 0.328 e. The summed E-state index contributed by atoms with van der Waals surface area (Å²) in [6, 6.07) is 0. The van der Waals surface area contributed by atoms with Crippen molar-refractivity contribution in [2.24, 2.45) is 5.92 Å². The SMILES string of the molecule is O=c1[nH]c(=O)n(CC2CCCC2)cc1S(=O)(=O)Cl. The number of halogens is 1. The Balaban J connectivity index is 2.41. The summed E-state index contributed by atoms with van der Waals surface area (Å²) >= 11 is 0. The Bertz CT molecular complexity index is 655. The van der Waals surface area contributed by atoms with Crippen molar-refractivity contribution in [1.29, 1.82) is 0 Å². The molecule has 0 radical (unpaired) electrons. The second-order valence-corrected chi connectivity index (χ2v) is 7.03. The molecule has 1 N–H and O–H groups in total. The van der Waals surface area contributed by atoms with Crippen LogP contribution in [0.15, 0.2) is 20.7 Å². The van der Waals surface area contributed by atoms with E-state index in [-0.39, 0.29) is 0 Å². The summed E-state index contributed by atoms with van der Waals surface area (Å²) in [7, 11) is 1.00. The molecule has 1 saturated carbocycles. The van der Waals surface area contributed by atoms with Crippen LogP contribution in [0.25, 0.3) is 0 Å². The Morgan fingerprint density at radius 3 is 2.50 bits per heavy atom. The first kappa shape index (κ1) is 13.4. The molecule has 0 atom stereocenters. The van der Waals surface area contributed by atoms with Crippen LogP contribution in [-0.2, 0) is 15.6 Å². The molecule has 8 heteroatoms. The van der Waals surface area contributed by atoms with Crippen LogP contribution in [0.1, 0.15) is 25.7 Å². The van der Waals surface area contributed by atoms with E-state index in [0.717, 1.165) is 31.9 Å². The molecule has 0 aromatic carbocycles. The molecule has 1 aliphatic carbocycles. The van der Waals surface area contributed by atoms with Crippen LogP contribution in [0.5, 0.6) is 0 Å². The number of rotatable bonds is 3. The number of aromatic amines is 1. The van der Waals surface area contributed by atoms with Crippen molar-refractivity contribution >= 4 is 19.7 Å². The van der Waals surface area contributed by atoms with Gasteiger partial charge in [0.25, 0.3) is 14.6 Å². The molecule has 0 spiro atoms. The van der Waals surface area contributed by atoms with E-state index < -0.39 is 25.2 Å². The lowest BCUT2D eigenvalue weighted by Gasteiger charge is -2.11. The summed E-state index contributed by atoms with van der Waals surface area (Å²) in [5.74, 6) is 0.347. The van der Waals surface area contributed by atoms with Gasteiger partial charge in [0, 0.05) is 23.4 Å². The third-order valence-electron chi connectivity index (χ3n) is 3.17. The minimum atomic E-state index is -4.14. The van der Waals surface area contributed by atoms with Crippen molar-refractivity contribution in [3.63, 3.8) is 0 Å². The third-order valence-corrected chi connectivity index (χ3v) is 4.49. The molecule has 100 valence electrons. The van der Waals surface area contributed by atoms with Gasteiger partial charge >= 0.3 is 5.69 Å². The highest BCUT2D eigenvalue weighted by Crippen LogP contribution is 2.25. The van der Waals surface area contributed by atoms with Crippen molar-refractivity contribution < 1.29 is 8.42 Å². The average Bonchev–Trinajstić information content (AvgIpc) is 2.72. The van der Waals surface area contributed by atoms with Gasteiger partial charge in [0.15, 0.2) is 4.90 Å². The number of nitrogens with zero attached hydrogens (tertiary/aromatic N) is 1. The van der Waals surface area contributed by atoms with E-state index in [2.05, 4.69) is 0 Å². The predicted molar refractivity (Wildman–Crippen MR) is 66.3 cm³/mol. The zero-order valence-corrected chi connectivity index (χ0v) is 11.1. The van der Waals surface area contributed by atoms with Gasteiger partial charge in [-0.2, -0.15) is 0 Å². The van der Waals surface area contributed by atoms with Gasteiger partial charge in [0.1, 0.15) is 0 Å². The summed E-state index contributed by atoms with van der Waals surface area (Å²) in [6.07, 6.45) is 5.28. The molecule has 0 saturated heterocycles. The van der Waals surface area contributed by atoms with Crippen LogP contribution in [0, 0.1) is 5.92 Å². The Kier molecular flexibility index (Phi) is 3.63. The highest BCUT2D eigenvalue weighted by Gasteiger charge is 2.20. The van der Waals surface area contributed by atoms with Gasteiger partial charge in [-0.15, -0.1) is 0 Å². The quantitative estimate of drug-likeness (QED) is 0.829. The summed E-state index contributed by atoms with van der Waals surface area (Å²) in [5, 5.41) is 0. The van der Waals surface area contributed by atoms with Crippen LogP contribution in [0.3, 0.4) is 0 Å². The minimum absolute atomic E-state index is 0.347. The molecule has 0 bridgehead atoms. The maximum absolute atomic E-state index is 11.6. The summed E-state index contributed by atoms with van der Waals surface area (Å²) in [6.45, 7) is 0.412. The monoisotopic (exact) mass is 292 g/mol. The Morgan fingerprint density at radius 2 is 1.94 bits per heavy atom. The van der Waals surface area contributed by atoms with Gasteiger partial charge < -0.3 is 0 Å². The third kappa shape index (κ3) is 2.84. The second-order valence-electron chi connectivity index (χ2n) is 4.49. The summed E-state index contributed by atoms with van der Waals surface area (Å²) < 4.78 is 23.6. The van der Waals surface area contributed by atoms with Crippen LogP contribution >= 0.6 is 10.7 Å². The fourth-order valence-corrected chi connectivity index (χ4v) is 3.13. The molecular formula is C10H13ClN2O4S. The zero-order chi connectivity index (χ0) is 13.3. The molecule has 0 unspecified atom stereocenters. The van der Waals surface area contributed by atoms with Gasteiger partial charge in [-0.05, 0) is 18.8 Å². The van der Waals surface area contributed by atoms with Crippen LogP contribution in [0.2, 0.25) is 0 Å². The lowest BCUT2D eigenvalue weighted by atomic mass is 10.1. The lowest BCUT2D eigenvalue weighted by molar-refractivity contribution is 0.439. The van der Waals surface area contributed by atoms with Crippen LogP contribution in [-0.4, -0.2) is 18.0 Å². The van der Waals surface area contributed by atoms with Crippen LogP contribution < -0.4 is 11.2 Å². The predicted octanol–water partition coefficient (Wildman–Crippen LogP) is 0.654. The molecule has 1 aromatic heterocycles.